The molecule has 0 bridgehead atoms. The Balaban J connectivity index is 1.90. The van der Waals surface area contributed by atoms with Crippen LogP contribution in [0, 0.1) is 5.92 Å². The van der Waals surface area contributed by atoms with Gasteiger partial charge in [0.05, 0.1) is 4.90 Å². The van der Waals surface area contributed by atoms with Crippen molar-refractivity contribution < 1.29 is 8.42 Å². The monoisotopic (exact) mass is 329 g/mol. The molecule has 0 unspecified atom stereocenters. The van der Waals surface area contributed by atoms with Crippen LogP contribution in [0.5, 0.6) is 0 Å². The maximum absolute atomic E-state index is 12.6. The molecule has 0 spiro atoms. The number of halogens is 1. The Bertz CT molecular complexity index is 550. The number of benzene rings is 1. The van der Waals surface area contributed by atoms with Crippen LogP contribution in [0.4, 0.5) is 0 Å². The predicted octanol–water partition coefficient (Wildman–Crippen LogP) is 3.01. The van der Waals surface area contributed by atoms with Crippen LogP contribution < -0.4 is 0 Å². The second-order valence-corrected chi connectivity index (χ2v) is 8.01. The average Bonchev–Trinajstić information content (AvgIpc) is 3.18. The normalized spacial score (nSPS) is 20.3. The summed E-state index contributed by atoms with van der Waals surface area (Å²) in [5.41, 5.74) is 0. The zero-order chi connectivity index (χ0) is 12.8. The van der Waals surface area contributed by atoms with Gasteiger partial charge in [-0.15, -0.1) is 0 Å². The van der Waals surface area contributed by atoms with Crippen LogP contribution in [-0.2, 0) is 10.0 Å². The summed E-state index contributed by atoms with van der Waals surface area (Å²) in [6, 6.07) is 7.25. The van der Waals surface area contributed by atoms with Gasteiger partial charge < -0.3 is 0 Å². The molecule has 2 saturated carbocycles. The third kappa shape index (κ3) is 2.63. The molecule has 18 heavy (non-hydrogen) atoms. The fraction of sp³-hybridized carbons (Fsp3) is 0.538. The lowest BCUT2D eigenvalue weighted by molar-refractivity contribution is 0.389. The molecule has 2 aliphatic rings. The topological polar surface area (TPSA) is 37.4 Å². The largest absolute Gasteiger partial charge is 0.243 e. The lowest BCUT2D eigenvalue weighted by Gasteiger charge is -2.21. The highest BCUT2D eigenvalue weighted by Crippen LogP contribution is 2.38. The van der Waals surface area contributed by atoms with Crippen LogP contribution in [0.3, 0.4) is 0 Å². The number of hydrogen-bond donors (Lipinski definition) is 0. The molecule has 1 aromatic rings. The minimum atomic E-state index is -3.31. The first-order valence-corrected chi connectivity index (χ1v) is 8.58. The lowest BCUT2D eigenvalue weighted by atomic mass is 10.4. The summed E-state index contributed by atoms with van der Waals surface area (Å²) in [6.07, 6.45) is 4.38. The Morgan fingerprint density at radius 3 is 2.50 bits per heavy atom. The average molecular weight is 330 g/mol. The molecule has 0 atom stereocenters. The van der Waals surface area contributed by atoms with Crippen molar-refractivity contribution in [2.24, 2.45) is 5.92 Å². The van der Waals surface area contributed by atoms with Crippen molar-refractivity contribution in [1.82, 2.24) is 4.31 Å². The standard InChI is InChI=1S/C13H16BrNO2S/c14-11-2-1-3-13(8-11)18(16,17)15(12-6-7-12)9-10-4-5-10/h1-3,8,10,12H,4-7,9H2. The highest BCUT2D eigenvalue weighted by atomic mass is 79.9. The summed E-state index contributed by atoms with van der Waals surface area (Å²) < 4.78 is 27.8. The molecular weight excluding hydrogens is 314 g/mol. The Morgan fingerprint density at radius 2 is 1.94 bits per heavy atom. The smallest absolute Gasteiger partial charge is 0.207 e. The van der Waals surface area contributed by atoms with Crippen LogP contribution in [0.25, 0.3) is 0 Å². The first-order chi connectivity index (χ1) is 8.57. The molecule has 3 rings (SSSR count). The van der Waals surface area contributed by atoms with Crippen LogP contribution >= 0.6 is 15.9 Å². The van der Waals surface area contributed by atoms with E-state index in [2.05, 4.69) is 15.9 Å². The van der Waals surface area contributed by atoms with Gasteiger partial charge in [-0.2, -0.15) is 4.31 Å². The van der Waals surface area contributed by atoms with Gasteiger partial charge in [0.2, 0.25) is 10.0 Å². The quantitative estimate of drug-likeness (QED) is 0.832. The van der Waals surface area contributed by atoms with Crippen molar-refractivity contribution in [3.63, 3.8) is 0 Å². The first-order valence-electron chi connectivity index (χ1n) is 6.35. The molecule has 0 amide bonds. The molecule has 0 N–H and O–H groups in total. The Hall–Kier alpha value is -0.390. The summed E-state index contributed by atoms with van der Waals surface area (Å²) in [5.74, 6) is 0.590. The second kappa shape index (κ2) is 4.62. The van der Waals surface area contributed by atoms with E-state index in [1.165, 1.54) is 12.8 Å². The molecule has 0 saturated heterocycles. The minimum absolute atomic E-state index is 0.245. The van der Waals surface area contributed by atoms with Gasteiger partial charge in [-0.25, -0.2) is 8.42 Å². The van der Waals surface area contributed by atoms with Crippen LogP contribution in [0.1, 0.15) is 25.7 Å². The van der Waals surface area contributed by atoms with Crippen LogP contribution in [0.15, 0.2) is 33.6 Å². The van der Waals surface area contributed by atoms with Crippen molar-refractivity contribution in [1.29, 1.82) is 0 Å². The van der Waals surface area contributed by atoms with Crippen LogP contribution in [-0.4, -0.2) is 25.3 Å². The molecule has 3 nitrogen and oxygen atoms in total. The highest BCUT2D eigenvalue weighted by molar-refractivity contribution is 9.10. The number of sulfonamides is 1. The molecule has 0 aliphatic heterocycles. The molecule has 98 valence electrons. The molecule has 0 heterocycles. The summed E-state index contributed by atoms with van der Waals surface area (Å²) in [7, 11) is -3.31. The van der Waals surface area contributed by atoms with Gasteiger partial charge in [0.15, 0.2) is 0 Å². The predicted molar refractivity (Wildman–Crippen MR) is 73.8 cm³/mol. The molecule has 0 radical (unpaired) electrons. The van der Waals surface area contributed by atoms with Crippen molar-refractivity contribution in [3.8, 4) is 0 Å². The summed E-state index contributed by atoms with van der Waals surface area (Å²) in [6.45, 7) is 0.708. The van der Waals surface area contributed by atoms with Crippen molar-refractivity contribution >= 4 is 26.0 Å². The maximum atomic E-state index is 12.6. The van der Waals surface area contributed by atoms with Gasteiger partial charge in [-0.1, -0.05) is 22.0 Å². The molecule has 1 aromatic carbocycles. The molecular formula is C13H16BrNO2S. The number of rotatable bonds is 5. The van der Waals surface area contributed by atoms with Crippen molar-refractivity contribution in [2.45, 2.75) is 36.6 Å². The van der Waals surface area contributed by atoms with Gasteiger partial charge >= 0.3 is 0 Å². The first kappa shape index (κ1) is 12.6. The van der Waals surface area contributed by atoms with Crippen LogP contribution in [0.2, 0.25) is 0 Å². The van der Waals surface area contributed by atoms with E-state index in [4.69, 9.17) is 0 Å². The van der Waals surface area contributed by atoms with E-state index < -0.39 is 10.0 Å². The third-order valence-corrected chi connectivity index (χ3v) is 5.90. The fourth-order valence-electron chi connectivity index (χ4n) is 2.12. The lowest BCUT2D eigenvalue weighted by Crippen LogP contribution is -2.34. The van der Waals surface area contributed by atoms with Gasteiger partial charge in [0, 0.05) is 17.1 Å². The summed E-state index contributed by atoms with van der Waals surface area (Å²) in [5, 5.41) is 0. The van der Waals surface area contributed by atoms with Gasteiger partial charge in [0.25, 0.3) is 0 Å². The van der Waals surface area contributed by atoms with E-state index in [1.54, 1.807) is 22.5 Å². The fourth-order valence-corrected chi connectivity index (χ4v) is 4.48. The SMILES string of the molecule is O=S(=O)(c1cccc(Br)c1)N(CC1CC1)C1CC1. The van der Waals surface area contributed by atoms with Crippen molar-refractivity contribution in [3.05, 3.63) is 28.7 Å². The summed E-state index contributed by atoms with van der Waals surface area (Å²) in [4.78, 5) is 0.407. The van der Waals surface area contributed by atoms with E-state index in [1.807, 2.05) is 6.07 Å². The Morgan fingerprint density at radius 1 is 1.22 bits per heavy atom. The molecule has 0 aromatic heterocycles. The number of nitrogens with zero attached hydrogens (tertiary/aromatic N) is 1. The Labute approximate surface area is 116 Å². The second-order valence-electron chi connectivity index (χ2n) is 5.21. The third-order valence-electron chi connectivity index (χ3n) is 3.49. The highest BCUT2D eigenvalue weighted by Gasteiger charge is 2.41. The zero-order valence-electron chi connectivity index (χ0n) is 10.0. The van der Waals surface area contributed by atoms with E-state index >= 15 is 0 Å². The molecule has 2 fully saturated rings. The zero-order valence-corrected chi connectivity index (χ0v) is 12.5. The molecule has 5 heteroatoms. The van der Waals surface area contributed by atoms with E-state index in [0.717, 1.165) is 17.3 Å². The summed E-state index contributed by atoms with van der Waals surface area (Å²) >= 11 is 3.34. The Kier molecular flexibility index (Phi) is 3.24. The van der Waals surface area contributed by atoms with Crippen molar-refractivity contribution in [2.75, 3.05) is 6.54 Å². The van der Waals surface area contributed by atoms with E-state index in [9.17, 15) is 8.42 Å². The van der Waals surface area contributed by atoms with E-state index in [0.29, 0.717) is 17.4 Å². The molecule has 2 aliphatic carbocycles. The maximum Gasteiger partial charge on any atom is 0.243 e. The van der Waals surface area contributed by atoms with Gasteiger partial charge in [-0.3, -0.25) is 0 Å². The van der Waals surface area contributed by atoms with Gasteiger partial charge in [0.1, 0.15) is 0 Å². The number of hydrogen-bond acceptors (Lipinski definition) is 2. The van der Waals surface area contributed by atoms with E-state index in [-0.39, 0.29) is 6.04 Å². The minimum Gasteiger partial charge on any atom is -0.207 e. The van der Waals surface area contributed by atoms with Gasteiger partial charge in [-0.05, 0) is 49.8 Å².